The molecule has 0 atom stereocenters. The lowest BCUT2D eigenvalue weighted by atomic mass is 10.00. The van der Waals surface area contributed by atoms with E-state index in [1.807, 2.05) is 35.2 Å². The first-order valence-corrected chi connectivity index (χ1v) is 10.6. The van der Waals surface area contributed by atoms with Gasteiger partial charge < -0.3 is 9.80 Å². The van der Waals surface area contributed by atoms with Crippen molar-refractivity contribution in [3.63, 3.8) is 0 Å². The van der Waals surface area contributed by atoms with Crippen LogP contribution in [0.1, 0.15) is 37.3 Å². The molecule has 0 aliphatic carbocycles. The van der Waals surface area contributed by atoms with Crippen molar-refractivity contribution in [1.29, 1.82) is 0 Å². The van der Waals surface area contributed by atoms with E-state index in [2.05, 4.69) is 58.5 Å². The average Bonchev–Trinajstić information content (AvgIpc) is 3.28. The molecule has 0 saturated carbocycles. The van der Waals surface area contributed by atoms with Gasteiger partial charge in [0, 0.05) is 32.6 Å². The molecule has 1 aliphatic rings. The number of amides is 1. The number of tetrazole rings is 1. The summed E-state index contributed by atoms with van der Waals surface area (Å²) in [6.45, 7) is 7.21. The van der Waals surface area contributed by atoms with Gasteiger partial charge in [-0.2, -0.15) is 4.68 Å². The van der Waals surface area contributed by atoms with E-state index in [1.165, 1.54) is 11.1 Å². The SMILES string of the molecule is CC(C)c1ccc(CCC(=O)N2CCN(c3nnnn3-c3ccccc3)CC2)cc1. The van der Waals surface area contributed by atoms with Crippen molar-refractivity contribution in [3.8, 4) is 5.69 Å². The molecule has 2 aromatic carbocycles. The summed E-state index contributed by atoms with van der Waals surface area (Å²) >= 11 is 0. The average molecular weight is 405 g/mol. The van der Waals surface area contributed by atoms with Crippen molar-refractivity contribution in [2.24, 2.45) is 0 Å². The number of benzene rings is 2. The zero-order valence-electron chi connectivity index (χ0n) is 17.6. The lowest BCUT2D eigenvalue weighted by Gasteiger charge is -2.34. The second-order valence-corrected chi connectivity index (χ2v) is 7.99. The van der Waals surface area contributed by atoms with E-state index in [-0.39, 0.29) is 5.91 Å². The minimum Gasteiger partial charge on any atom is -0.339 e. The van der Waals surface area contributed by atoms with Crippen LogP contribution < -0.4 is 4.90 Å². The third-order valence-corrected chi connectivity index (χ3v) is 5.64. The van der Waals surface area contributed by atoms with Crippen LogP contribution in [0.15, 0.2) is 54.6 Å². The monoisotopic (exact) mass is 404 g/mol. The van der Waals surface area contributed by atoms with Crippen LogP contribution in [0.4, 0.5) is 5.95 Å². The molecule has 1 aromatic heterocycles. The zero-order chi connectivity index (χ0) is 20.9. The Hall–Kier alpha value is -3.22. The van der Waals surface area contributed by atoms with Gasteiger partial charge in [-0.15, -0.1) is 0 Å². The van der Waals surface area contributed by atoms with Gasteiger partial charge in [-0.3, -0.25) is 4.79 Å². The number of piperazine rings is 1. The molecule has 1 saturated heterocycles. The number of anilines is 1. The van der Waals surface area contributed by atoms with Gasteiger partial charge in [0.2, 0.25) is 11.9 Å². The molecule has 7 nitrogen and oxygen atoms in total. The van der Waals surface area contributed by atoms with Crippen LogP contribution >= 0.6 is 0 Å². The highest BCUT2D eigenvalue weighted by Crippen LogP contribution is 2.18. The summed E-state index contributed by atoms with van der Waals surface area (Å²) in [6, 6.07) is 18.5. The zero-order valence-corrected chi connectivity index (χ0v) is 17.6. The molecule has 4 rings (SSSR count). The molecule has 0 bridgehead atoms. The molecule has 1 aliphatic heterocycles. The number of rotatable bonds is 6. The Morgan fingerprint density at radius 1 is 0.967 bits per heavy atom. The summed E-state index contributed by atoms with van der Waals surface area (Å²) in [5.74, 6) is 1.46. The van der Waals surface area contributed by atoms with Crippen LogP contribution in [0, 0.1) is 0 Å². The Morgan fingerprint density at radius 3 is 2.33 bits per heavy atom. The van der Waals surface area contributed by atoms with Gasteiger partial charge in [0.15, 0.2) is 0 Å². The molecule has 7 heteroatoms. The van der Waals surface area contributed by atoms with Gasteiger partial charge in [0.05, 0.1) is 5.69 Å². The maximum Gasteiger partial charge on any atom is 0.250 e. The quantitative estimate of drug-likeness (QED) is 0.632. The van der Waals surface area contributed by atoms with Gasteiger partial charge in [0.1, 0.15) is 0 Å². The number of hydrogen-bond donors (Lipinski definition) is 0. The Balaban J connectivity index is 1.31. The van der Waals surface area contributed by atoms with E-state index >= 15 is 0 Å². The fourth-order valence-electron chi connectivity index (χ4n) is 3.75. The van der Waals surface area contributed by atoms with Crippen LogP contribution in [-0.4, -0.2) is 57.2 Å². The molecule has 1 fully saturated rings. The van der Waals surface area contributed by atoms with Gasteiger partial charge in [-0.25, -0.2) is 0 Å². The fourth-order valence-corrected chi connectivity index (χ4v) is 3.75. The molecule has 3 aromatic rings. The van der Waals surface area contributed by atoms with E-state index in [0.717, 1.165) is 31.1 Å². The molecule has 0 N–H and O–H groups in total. The first-order chi connectivity index (χ1) is 14.6. The van der Waals surface area contributed by atoms with E-state index in [1.54, 1.807) is 4.68 Å². The van der Waals surface area contributed by atoms with E-state index in [9.17, 15) is 4.79 Å². The number of aryl methyl sites for hydroxylation is 1. The molecule has 2 heterocycles. The Bertz CT molecular complexity index is 959. The van der Waals surface area contributed by atoms with Crippen molar-refractivity contribution < 1.29 is 4.79 Å². The Labute approximate surface area is 177 Å². The second-order valence-electron chi connectivity index (χ2n) is 7.99. The summed E-state index contributed by atoms with van der Waals surface area (Å²) in [6.07, 6.45) is 1.33. The predicted octanol–water partition coefficient (Wildman–Crippen LogP) is 3.07. The minimum absolute atomic E-state index is 0.213. The summed E-state index contributed by atoms with van der Waals surface area (Å²) in [5, 5.41) is 12.2. The maximum absolute atomic E-state index is 12.7. The molecular formula is C23H28N6O. The maximum atomic E-state index is 12.7. The number of carbonyl (C=O) groups excluding carboxylic acids is 1. The standard InChI is InChI=1S/C23H28N6O/c1-18(2)20-11-8-19(9-12-20)10-13-22(30)27-14-16-28(17-15-27)23-24-25-26-29(23)21-6-4-3-5-7-21/h3-9,11-12,18H,10,13-17H2,1-2H3. The molecule has 0 unspecified atom stereocenters. The normalized spacial score (nSPS) is 14.4. The van der Waals surface area contributed by atoms with Crippen LogP contribution in [0.25, 0.3) is 5.69 Å². The molecule has 0 spiro atoms. The summed E-state index contributed by atoms with van der Waals surface area (Å²) in [7, 11) is 0. The predicted molar refractivity (Wildman–Crippen MR) is 117 cm³/mol. The highest BCUT2D eigenvalue weighted by Gasteiger charge is 2.24. The number of aromatic nitrogens is 4. The van der Waals surface area contributed by atoms with Gasteiger partial charge in [-0.1, -0.05) is 61.4 Å². The van der Waals surface area contributed by atoms with Gasteiger partial charge in [0.25, 0.3) is 0 Å². The van der Waals surface area contributed by atoms with Crippen molar-refractivity contribution in [3.05, 3.63) is 65.7 Å². The second kappa shape index (κ2) is 9.07. The van der Waals surface area contributed by atoms with Crippen LogP contribution in [0.3, 0.4) is 0 Å². The van der Waals surface area contributed by atoms with Crippen LogP contribution in [0.2, 0.25) is 0 Å². The van der Waals surface area contributed by atoms with Crippen LogP contribution in [0.5, 0.6) is 0 Å². The highest BCUT2D eigenvalue weighted by atomic mass is 16.2. The Kier molecular flexibility index (Phi) is 6.07. The number of hydrogen-bond acceptors (Lipinski definition) is 5. The number of para-hydroxylation sites is 1. The summed E-state index contributed by atoms with van der Waals surface area (Å²) < 4.78 is 1.75. The highest BCUT2D eigenvalue weighted by molar-refractivity contribution is 5.76. The number of nitrogens with zero attached hydrogens (tertiary/aromatic N) is 6. The van der Waals surface area contributed by atoms with E-state index in [0.29, 0.717) is 25.4 Å². The third kappa shape index (κ3) is 4.50. The molecular weight excluding hydrogens is 376 g/mol. The lowest BCUT2D eigenvalue weighted by molar-refractivity contribution is -0.131. The lowest BCUT2D eigenvalue weighted by Crippen LogP contribution is -2.49. The first kappa shape index (κ1) is 20.1. The smallest absolute Gasteiger partial charge is 0.250 e. The first-order valence-electron chi connectivity index (χ1n) is 10.6. The van der Waals surface area contributed by atoms with Crippen molar-refractivity contribution in [1.82, 2.24) is 25.1 Å². The largest absolute Gasteiger partial charge is 0.339 e. The molecule has 1 amide bonds. The fraction of sp³-hybridized carbons (Fsp3) is 0.391. The van der Waals surface area contributed by atoms with Crippen LogP contribution in [-0.2, 0) is 11.2 Å². The van der Waals surface area contributed by atoms with Gasteiger partial charge >= 0.3 is 0 Å². The van der Waals surface area contributed by atoms with Crippen molar-refractivity contribution in [2.45, 2.75) is 32.6 Å². The molecule has 30 heavy (non-hydrogen) atoms. The topological polar surface area (TPSA) is 67.2 Å². The van der Waals surface area contributed by atoms with Crippen molar-refractivity contribution >= 4 is 11.9 Å². The molecule has 156 valence electrons. The minimum atomic E-state index is 0.213. The summed E-state index contributed by atoms with van der Waals surface area (Å²) in [5.41, 5.74) is 3.48. The third-order valence-electron chi connectivity index (χ3n) is 5.64. The van der Waals surface area contributed by atoms with Gasteiger partial charge in [-0.05, 0) is 46.0 Å². The Morgan fingerprint density at radius 2 is 1.67 bits per heavy atom. The number of carbonyl (C=O) groups is 1. The van der Waals surface area contributed by atoms with E-state index in [4.69, 9.17) is 0 Å². The van der Waals surface area contributed by atoms with Crippen molar-refractivity contribution in [2.75, 3.05) is 31.1 Å². The molecule has 0 radical (unpaired) electrons. The summed E-state index contributed by atoms with van der Waals surface area (Å²) in [4.78, 5) is 16.8. The van der Waals surface area contributed by atoms with E-state index < -0.39 is 0 Å².